The maximum atomic E-state index is 13.1. The van der Waals surface area contributed by atoms with E-state index in [2.05, 4.69) is 23.7 Å². The molecule has 0 unspecified atom stereocenters. The summed E-state index contributed by atoms with van der Waals surface area (Å²) in [7, 11) is 0. The molecule has 3 aromatic rings. The summed E-state index contributed by atoms with van der Waals surface area (Å²) in [6, 6.07) is 18.4. The summed E-state index contributed by atoms with van der Waals surface area (Å²) in [4.78, 5) is 21.5. The molecule has 0 bridgehead atoms. The van der Waals surface area contributed by atoms with Crippen molar-refractivity contribution in [3.63, 3.8) is 0 Å². The molecule has 156 valence electrons. The van der Waals surface area contributed by atoms with Crippen LogP contribution in [0.1, 0.15) is 19.4 Å². The molecule has 1 saturated heterocycles. The van der Waals surface area contributed by atoms with Gasteiger partial charge >= 0.3 is 0 Å². The average molecular weight is 407 g/mol. The molecule has 4 rings (SSSR count). The van der Waals surface area contributed by atoms with Crippen molar-refractivity contribution in [1.29, 1.82) is 0 Å². The molecule has 0 spiro atoms. The number of hydrogen-bond donors (Lipinski definition) is 0. The highest BCUT2D eigenvalue weighted by molar-refractivity contribution is 5.80. The fourth-order valence-corrected chi connectivity index (χ4v) is 3.94. The number of hydrogen-bond acceptors (Lipinski definition) is 4. The topological polar surface area (TPSA) is 45.7 Å². The number of fused-ring (bicyclic) bond motifs is 1. The summed E-state index contributed by atoms with van der Waals surface area (Å²) in [5.74, 6) is 0.194. The van der Waals surface area contributed by atoms with E-state index in [1.807, 2.05) is 47.4 Å². The second-order valence-electron chi connectivity index (χ2n) is 7.93. The summed E-state index contributed by atoms with van der Waals surface area (Å²) in [6.45, 7) is 6.27. The number of rotatable bonds is 5. The Bertz CT molecular complexity index is 1020. The lowest BCUT2D eigenvalue weighted by molar-refractivity contribution is -0.139. The van der Waals surface area contributed by atoms with Gasteiger partial charge in [0.05, 0.1) is 5.52 Å². The van der Waals surface area contributed by atoms with Gasteiger partial charge in [-0.15, -0.1) is 0 Å². The van der Waals surface area contributed by atoms with Crippen molar-refractivity contribution in [3.05, 3.63) is 72.0 Å². The van der Waals surface area contributed by atoms with Crippen molar-refractivity contribution in [1.82, 2.24) is 14.8 Å². The minimum Gasteiger partial charge on any atom is -0.468 e. The molecular weight excluding hydrogens is 381 g/mol. The predicted octanol–water partition coefficient (Wildman–Crippen LogP) is 3.87. The Morgan fingerprint density at radius 2 is 1.80 bits per heavy atom. The molecule has 0 N–H and O–H groups in total. The highest BCUT2D eigenvalue weighted by Gasteiger charge is 2.32. The maximum Gasteiger partial charge on any atom is 0.260 e. The monoisotopic (exact) mass is 407 g/mol. The van der Waals surface area contributed by atoms with Crippen molar-refractivity contribution in [3.8, 4) is 5.88 Å². The number of carbonyl (C=O) groups excluding carboxylic acids is 1. The molecule has 0 aliphatic carbocycles. The molecule has 6 heteroatoms. The standard InChI is InChI=1S/C24H26FN3O2/c1-17-14-28(18(2)13-27(17)15-19-7-10-21(25)11-8-19)24(29)16-30-23-12-9-20-5-3-4-6-22(20)26-23/h3-12,17-18H,13-16H2,1-2H3/t17-,18+/m0/s1. The summed E-state index contributed by atoms with van der Waals surface area (Å²) < 4.78 is 18.8. The van der Waals surface area contributed by atoms with Gasteiger partial charge in [0, 0.05) is 43.2 Å². The number of amides is 1. The second kappa shape index (κ2) is 8.79. The number of benzene rings is 2. The molecular formula is C24H26FN3O2. The van der Waals surface area contributed by atoms with E-state index in [0.717, 1.165) is 29.6 Å². The van der Waals surface area contributed by atoms with Crippen LogP contribution in [-0.2, 0) is 11.3 Å². The van der Waals surface area contributed by atoms with Gasteiger partial charge in [0.15, 0.2) is 6.61 Å². The number of aromatic nitrogens is 1. The normalized spacial score (nSPS) is 19.8. The van der Waals surface area contributed by atoms with Crippen molar-refractivity contribution in [2.24, 2.45) is 0 Å². The van der Waals surface area contributed by atoms with Gasteiger partial charge in [-0.25, -0.2) is 9.37 Å². The number of pyridine rings is 1. The van der Waals surface area contributed by atoms with E-state index in [4.69, 9.17) is 4.74 Å². The number of ether oxygens (including phenoxy) is 1. The zero-order valence-electron chi connectivity index (χ0n) is 17.3. The molecule has 1 aliphatic heterocycles. The fourth-order valence-electron chi connectivity index (χ4n) is 3.94. The lowest BCUT2D eigenvalue weighted by Crippen LogP contribution is -2.58. The molecule has 2 heterocycles. The summed E-state index contributed by atoms with van der Waals surface area (Å²) in [6.07, 6.45) is 0. The largest absolute Gasteiger partial charge is 0.468 e. The van der Waals surface area contributed by atoms with Gasteiger partial charge in [0.2, 0.25) is 5.88 Å². The van der Waals surface area contributed by atoms with E-state index in [9.17, 15) is 9.18 Å². The van der Waals surface area contributed by atoms with E-state index in [-0.39, 0.29) is 30.4 Å². The van der Waals surface area contributed by atoms with Gasteiger partial charge in [-0.3, -0.25) is 9.69 Å². The minimum atomic E-state index is -0.225. The van der Waals surface area contributed by atoms with Crippen molar-refractivity contribution in [2.75, 3.05) is 19.7 Å². The van der Waals surface area contributed by atoms with Gasteiger partial charge in [-0.05, 0) is 43.7 Å². The molecule has 1 amide bonds. The molecule has 0 radical (unpaired) electrons. The number of nitrogens with zero attached hydrogens (tertiary/aromatic N) is 3. The zero-order valence-corrected chi connectivity index (χ0v) is 17.3. The summed E-state index contributed by atoms with van der Waals surface area (Å²) >= 11 is 0. The maximum absolute atomic E-state index is 13.1. The van der Waals surface area contributed by atoms with Gasteiger partial charge in [-0.2, -0.15) is 0 Å². The highest BCUT2D eigenvalue weighted by atomic mass is 19.1. The first-order valence-corrected chi connectivity index (χ1v) is 10.3. The molecule has 0 saturated carbocycles. The molecule has 1 aliphatic rings. The van der Waals surface area contributed by atoms with Crippen LogP contribution in [0.2, 0.25) is 0 Å². The number of para-hydroxylation sites is 1. The third-order valence-electron chi connectivity index (χ3n) is 5.65. The lowest BCUT2D eigenvalue weighted by atomic mass is 10.1. The smallest absolute Gasteiger partial charge is 0.260 e. The Morgan fingerprint density at radius 3 is 2.60 bits per heavy atom. The van der Waals surface area contributed by atoms with Crippen molar-refractivity contribution in [2.45, 2.75) is 32.5 Å². The van der Waals surface area contributed by atoms with E-state index >= 15 is 0 Å². The van der Waals surface area contributed by atoms with Crippen molar-refractivity contribution < 1.29 is 13.9 Å². The van der Waals surface area contributed by atoms with Gasteiger partial charge in [0.1, 0.15) is 5.82 Å². The summed E-state index contributed by atoms with van der Waals surface area (Å²) in [5.41, 5.74) is 1.92. The first kappa shape index (κ1) is 20.3. The molecule has 2 aromatic carbocycles. The minimum absolute atomic E-state index is 0.0274. The third-order valence-corrected chi connectivity index (χ3v) is 5.65. The van der Waals surface area contributed by atoms with E-state index in [0.29, 0.717) is 12.4 Å². The molecule has 2 atom stereocenters. The van der Waals surface area contributed by atoms with Crippen molar-refractivity contribution >= 4 is 16.8 Å². The van der Waals surface area contributed by atoms with Crippen LogP contribution < -0.4 is 4.74 Å². The van der Waals surface area contributed by atoms with Gasteiger partial charge < -0.3 is 9.64 Å². The predicted molar refractivity (Wildman–Crippen MR) is 115 cm³/mol. The van der Waals surface area contributed by atoms with Gasteiger partial charge in [-0.1, -0.05) is 30.3 Å². The Kier molecular flexibility index (Phi) is 5.95. The van der Waals surface area contributed by atoms with E-state index in [1.165, 1.54) is 12.1 Å². The summed E-state index contributed by atoms with van der Waals surface area (Å²) in [5, 5.41) is 1.04. The Hall–Kier alpha value is -2.99. The van der Waals surface area contributed by atoms with Crippen LogP contribution in [0.5, 0.6) is 5.88 Å². The number of carbonyl (C=O) groups is 1. The van der Waals surface area contributed by atoms with Crippen LogP contribution in [0, 0.1) is 5.82 Å². The van der Waals surface area contributed by atoms with E-state index in [1.54, 1.807) is 6.07 Å². The molecule has 5 nitrogen and oxygen atoms in total. The third kappa shape index (κ3) is 4.60. The second-order valence-corrected chi connectivity index (χ2v) is 7.93. The number of piperazine rings is 1. The molecule has 1 aromatic heterocycles. The Morgan fingerprint density at radius 1 is 1.03 bits per heavy atom. The van der Waals surface area contributed by atoms with Crippen LogP contribution in [0.15, 0.2) is 60.7 Å². The Balaban J connectivity index is 1.34. The SMILES string of the molecule is C[C@@H]1CN(Cc2ccc(F)cc2)[C@@H](C)CN1C(=O)COc1ccc2ccccc2n1. The van der Waals surface area contributed by atoms with E-state index < -0.39 is 0 Å². The number of halogens is 1. The first-order valence-electron chi connectivity index (χ1n) is 10.3. The molecule has 30 heavy (non-hydrogen) atoms. The Labute approximate surface area is 176 Å². The van der Waals surface area contributed by atoms with Crippen LogP contribution in [0.4, 0.5) is 4.39 Å². The molecule has 1 fully saturated rings. The average Bonchev–Trinajstić information content (AvgIpc) is 2.75. The van der Waals surface area contributed by atoms with Crippen LogP contribution in [0.3, 0.4) is 0 Å². The van der Waals surface area contributed by atoms with Gasteiger partial charge in [0.25, 0.3) is 5.91 Å². The van der Waals surface area contributed by atoms with Crippen LogP contribution in [0.25, 0.3) is 10.9 Å². The lowest BCUT2D eigenvalue weighted by Gasteiger charge is -2.44. The quantitative estimate of drug-likeness (QED) is 0.644. The fraction of sp³-hybridized carbons (Fsp3) is 0.333. The van der Waals surface area contributed by atoms with Crippen LogP contribution in [-0.4, -0.2) is 52.5 Å². The zero-order chi connectivity index (χ0) is 21.1. The highest BCUT2D eigenvalue weighted by Crippen LogP contribution is 2.20. The first-order chi connectivity index (χ1) is 14.5. The van der Waals surface area contributed by atoms with Crippen LogP contribution >= 0.6 is 0 Å².